The molecule has 0 radical (unpaired) electrons. The molecule has 0 aliphatic heterocycles. The Morgan fingerprint density at radius 2 is 2.05 bits per heavy atom. The Balaban J connectivity index is 2.08. The molecule has 0 bridgehead atoms. The third kappa shape index (κ3) is 3.90. The second kappa shape index (κ2) is 6.66. The van der Waals surface area contributed by atoms with E-state index in [4.69, 9.17) is 0 Å². The predicted octanol–water partition coefficient (Wildman–Crippen LogP) is 4.33. The lowest BCUT2D eigenvalue weighted by molar-refractivity contribution is -0.115. The number of anilines is 1. The van der Waals surface area contributed by atoms with Gasteiger partial charge in [-0.3, -0.25) is 4.79 Å². The molecule has 0 aromatic heterocycles. The minimum Gasteiger partial charge on any atom is -0.326 e. The van der Waals surface area contributed by atoms with Crippen LogP contribution < -0.4 is 5.32 Å². The summed E-state index contributed by atoms with van der Waals surface area (Å²) in [5.41, 5.74) is 2.53. The Bertz CT molecular complexity index is 628. The second-order valence-corrected chi connectivity index (χ2v) is 5.43. The van der Waals surface area contributed by atoms with Crippen molar-refractivity contribution < 1.29 is 9.18 Å². The number of amides is 1. The number of nitrogens with one attached hydrogen (secondary N) is 1. The van der Waals surface area contributed by atoms with Gasteiger partial charge in [0.05, 0.1) is 6.42 Å². The fraction of sp³-hybridized carbons (Fsp3) is 0.188. The molecule has 2 nitrogen and oxygen atoms in total. The van der Waals surface area contributed by atoms with Crippen LogP contribution in [0.3, 0.4) is 0 Å². The standard InChI is InChI=1S/C16H15BrFNO/c1-2-12-10-13(17)6-7-15(12)19-16(20)9-11-4-3-5-14(18)8-11/h3-8,10H,2,9H2,1H3,(H,19,20). The van der Waals surface area contributed by atoms with Crippen molar-refractivity contribution in [3.63, 3.8) is 0 Å². The van der Waals surface area contributed by atoms with Crippen LogP contribution in [0.4, 0.5) is 10.1 Å². The maximum Gasteiger partial charge on any atom is 0.228 e. The van der Waals surface area contributed by atoms with Crippen LogP contribution >= 0.6 is 15.9 Å². The van der Waals surface area contributed by atoms with Gasteiger partial charge in [-0.05, 0) is 47.9 Å². The number of carbonyl (C=O) groups is 1. The molecule has 2 aromatic rings. The number of benzene rings is 2. The lowest BCUT2D eigenvalue weighted by Gasteiger charge is -2.10. The van der Waals surface area contributed by atoms with E-state index in [0.29, 0.717) is 5.56 Å². The summed E-state index contributed by atoms with van der Waals surface area (Å²) in [6.07, 6.45) is 0.992. The van der Waals surface area contributed by atoms with E-state index in [1.165, 1.54) is 12.1 Å². The maximum atomic E-state index is 13.1. The van der Waals surface area contributed by atoms with Crippen LogP contribution in [-0.4, -0.2) is 5.91 Å². The number of hydrogen-bond donors (Lipinski definition) is 1. The van der Waals surface area contributed by atoms with Gasteiger partial charge in [0.1, 0.15) is 5.82 Å². The fourth-order valence-electron chi connectivity index (χ4n) is 2.00. The average molecular weight is 336 g/mol. The molecule has 1 N–H and O–H groups in total. The fourth-order valence-corrected chi connectivity index (χ4v) is 2.41. The molecular formula is C16H15BrFNO. The Hall–Kier alpha value is -1.68. The van der Waals surface area contributed by atoms with Gasteiger partial charge in [-0.2, -0.15) is 0 Å². The normalized spacial score (nSPS) is 10.3. The third-order valence-electron chi connectivity index (χ3n) is 2.98. The van der Waals surface area contributed by atoms with Crippen LogP contribution in [0.15, 0.2) is 46.9 Å². The monoisotopic (exact) mass is 335 g/mol. The van der Waals surface area contributed by atoms with Crippen LogP contribution in [-0.2, 0) is 17.6 Å². The number of hydrogen-bond acceptors (Lipinski definition) is 1. The lowest BCUT2D eigenvalue weighted by Crippen LogP contribution is -2.15. The van der Waals surface area contributed by atoms with Crippen LogP contribution in [0, 0.1) is 5.82 Å². The molecule has 20 heavy (non-hydrogen) atoms. The van der Waals surface area contributed by atoms with Crippen molar-refractivity contribution in [3.05, 3.63) is 63.9 Å². The number of rotatable bonds is 4. The van der Waals surface area contributed by atoms with Gasteiger partial charge >= 0.3 is 0 Å². The number of halogens is 2. The van der Waals surface area contributed by atoms with Crippen molar-refractivity contribution in [1.29, 1.82) is 0 Å². The van der Waals surface area contributed by atoms with E-state index in [-0.39, 0.29) is 18.1 Å². The summed E-state index contributed by atoms with van der Waals surface area (Å²) in [6, 6.07) is 11.8. The molecule has 0 aliphatic rings. The highest BCUT2D eigenvalue weighted by molar-refractivity contribution is 9.10. The first-order chi connectivity index (χ1) is 9.58. The molecule has 2 rings (SSSR count). The zero-order valence-corrected chi connectivity index (χ0v) is 12.7. The minimum absolute atomic E-state index is 0.146. The van der Waals surface area contributed by atoms with E-state index in [1.54, 1.807) is 12.1 Å². The largest absolute Gasteiger partial charge is 0.326 e. The molecule has 4 heteroatoms. The first kappa shape index (κ1) is 14.7. The molecule has 0 unspecified atom stereocenters. The van der Waals surface area contributed by atoms with Crippen LogP contribution in [0.2, 0.25) is 0 Å². The highest BCUT2D eigenvalue weighted by atomic mass is 79.9. The lowest BCUT2D eigenvalue weighted by atomic mass is 10.1. The zero-order chi connectivity index (χ0) is 14.5. The molecule has 2 aromatic carbocycles. The molecule has 1 amide bonds. The van der Waals surface area contributed by atoms with Gasteiger partial charge in [0.25, 0.3) is 0 Å². The van der Waals surface area contributed by atoms with Crippen molar-refractivity contribution in [3.8, 4) is 0 Å². The highest BCUT2D eigenvalue weighted by Gasteiger charge is 2.08. The molecule has 0 heterocycles. The zero-order valence-electron chi connectivity index (χ0n) is 11.1. The van der Waals surface area contributed by atoms with E-state index in [9.17, 15) is 9.18 Å². The van der Waals surface area contributed by atoms with Crippen molar-refractivity contribution in [2.45, 2.75) is 19.8 Å². The van der Waals surface area contributed by atoms with Gasteiger partial charge in [0.15, 0.2) is 0 Å². The molecule has 0 atom stereocenters. The molecular weight excluding hydrogens is 321 g/mol. The van der Waals surface area contributed by atoms with Crippen molar-refractivity contribution in [1.82, 2.24) is 0 Å². The molecule has 0 saturated heterocycles. The summed E-state index contributed by atoms with van der Waals surface area (Å²) >= 11 is 3.41. The van der Waals surface area contributed by atoms with E-state index < -0.39 is 0 Å². The minimum atomic E-state index is -0.326. The van der Waals surface area contributed by atoms with Gasteiger partial charge in [-0.1, -0.05) is 35.0 Å². The van der Waals surface area contributed by atoms with E-state index in [2.05, 4.69) is 21.2 Å². The van der Waals surface area contributed by atoms with Crippen LogP contribution in [0.25, 0.3) is 0 Å². The Morgan fingerprint density at radius 1 is 1.25 bits per heavy atom. The Kier molecular flexibility index (Phi) is 4.90. The number of carbonyl (C=O) groups excluding carboxylic acids is 1. The summed E-state index contributed by atoms with van der Waals surface area (Å²) in [5, 5.41) is 2.87. The molecule has 0 saturated carbocycles. The molecule has 0 aliphatic carbocycles. The van der Waals surface area contributed by atoms with Gasteiger partial charge < -0.3 is 5.32 Å². The second-order valence-electron chi connectivity index (χ2n) is 4.51. The number of aryl methyl sites for hydroxylation is 1. The Labute approximate surface area is 126 Å². The first-order valence-corrected chi connectivity index (χ1v) is 7.20. The summed E-state index contributed by atoms with van der Waals surface area (Å²) in [7, 11) is 0. The van der Waals surface area contributed by atoms with Gasteiger partial charge in [-0.15, -0.1) is 0 Å². The van der Waals surface area contributed by atoms with Crippen molar-refractivity contribution in [2.24, 2.45) is 0 Å². The smallest absolute Gasteiger partial charge is 0.228 e. The topological polar surface area (TPSA) is 29.1 Å². The van der Waals surface area contributed by atoms with Crippen molar-refractivity contribution >= 4 is 27.5 Å². The van der Waals surface area contributed by atoms with Gasteiger partial charge in [-0.25, -0.2) is 4.39 Å². The van der Waals surface area contributed by atoms with E-state index >= 15 is 0 Å². The third-order valence-corrected chi connectivity index (χ3v) is 3.47. The molecule has 0 fully saturated rings. The summed E-state index contributed by atoms with van der Waals surface area (Å²) in [4.78, 5) is 12.0. The predicted molar refractivity (Wildman–Crippen MR) is 82.3 cm³/mol. The summed E-state index contributed by atoms with van der Waals surface area (Å²) in [5.74, 6) is -0.471. The van der Waals surface area contributed by atoms with Crippen molar-refractivity contribution in [2.75, 3.05) is 5.32 Å². The Morgan fingerprint density at radius 3 is 2.75 bits per heavy atom. The van der Waals surface area contributed by atoms with Gasteiger partial charge in [0, 0.05) is 10.2 Å². The highest BCUT2D eigenvalue weighted by Crippen LogP contribution is 2.21. The SMILES string of the molecule is CCc1cc(Br)ccc1NC(=O)Cc1cccc(F)c1. The van der Waals surface area contributed by atoms with E-state index in [1.807, 2.05) is 25.1 Å². The van der Waals surface area contributed by atoms with Gasteiger partial charge in [0.2, 0.25) is 5.91 Å². The summed E-state index contributed by atoms with van der Waals surface area (Å²) in [6.45, 7) is 2.03. The molecule has 0 spiro atoms. The van der Waals surface area contributed by atoms with Crippen LogP contribution in [0.5, 0.6) is 0 Å². The molecule has 104 valence electrons. The van der Waals surface area contributed by atoms with Crippen LogP contribution in [0.1, 0.15) is 18.1 Å². The quantitative estimate of drug-likeness (QED) is 0.885. The summed E-state index contributed by atoms with van der Waals surface area (Å²) < 4.78 is 14.1. The maximum absolute atomic E-state index is 13.1. The first-order valence-electron chi connectivity index (χ1n) is 6.41. The average Bonchev–Trinajstić information content (AvgIpc) is 2.40. The van der Waals surface area contributed by atoms with E-state index in [0.717, 1.165) is 22.1 Å².